The summed E-state index contributed by atoms with van der Waals surface area (Å²) in [5, 5.41) is 13.6. The van der Waals surface area contributed by atoms with E-state index in [1.54, 1.807) is 0 Å². The Labute approximate surface area is 119 Å². The van der Waals surface area contributed by atoms with E-state index in [9.17, 15) is 5.11 Å². The Balaban J connectivity index is 2.40. The van der Waals surface area contributed by atoms with E-state index in [-0.39, 0.29) is 6.10 Å². The fourth-order valence-corrected chi connectivity index (χ4v) is 2.87. The summed E-state index contributed by atoms with van der Waals surface area (Å²) in [6.07, 6.45) is 4.70. The highest BCUT2D eigenvalue weighted by Gasteiger charge is 2.29. The Morgan fingerprint density at radius 3 is 2.58 bits per heavy atom. The molecule has 0 spiro atoms. The Bertz CT molecular complexity index is 231. The van der Waals surface area contributed by atoms with Gasteiger partial charge in [0.15, 0.2) is 0 Å². The summed E-state index contributed by atoms with van der Waals surface area (Å²) in [6, 6.07) is 0.559. The van der Waals surface area contributed by atoms with Crippen molar-refractivity contribution in [1.29, 1.82) is 0 Å². The van der Waals surface area contributed by atoms with Crippen LogP contribution in [0, 0.1) is 11.8 Å². The normalized spacial score (nSPS) is 26.8. The van der Waals surface area contributed by atoms with Gasteiger partial charge in [-0.05, 0) is 51.1 Å². The molecule has 1 fully saturated rings. The van der Waals surface area contributed by atoms with Gasteiger partial charge in [-0.1, -0.05) is 27.2 Å². The fourth-order valence-electron chi connectivity index (χ4n) is 2.87. The van der Waals surface area contributed by atoms with Crippen LogP contribution in [0.15, 0.2) is 0 Å². The number of hydrogen-bond donors (Lipinski definition) is 2. The van der Waals surface area contributed by atoms with Crippen molar-refractivity contribution in [3.63, 3.8) is 0 Å². The van der Waals surface area contributed by atoms with Gasteiger partial charge in [0.05, 0.1) is 6.10 Å². The third-order valence-corrected chi connectivity index (χ3v) is 4.22. The van der Waals surface area contributed by atoms with Crippen LogP contribution < -0.4 is 5.32 Å². The molecule has 114 valence electrons. The molecule has 0 aliphatic carbocycles. The van der Waals surface area contributed by atoms with Gasteiger partial charge in [0.1, 0.15) is 0 Å². The minimum Gasteiger partial charge on any atom is -0.393 e. The standard InChI is InChI=1S/C16H34N2O/c1-5-6-9-18-11-15(14(4)19)10-16(12-18)17-8-7-13(2)3/h13-17,19H,5-12H2,1-4H3. The van der Waals surface area contributed by atoms with Gasteiger partial charge in [-0.25, -0.2) is 0 Å². The van der Waals surface area contributed by atoms with E-state index in [4.69, 9.17) is 0 Å². The van der Waals surface area contributed by atoms with E-state index >= 15 is 0 Å². The van der Waals surface area contributed by atoms with E-state index in [0.29, 0.717) is 12.0 Å². The molecule has 1 saturated heterocycles. The first kappa shape index (κ1) is 16.9. The molecule has 19 heavy (non-hydrogen) atoms. The van der Waals surface area contributed by atoms with Crippen LogP contribution in [-0.4, -0.2) is 48.3 Å². The summed E-state index contributed by atoms with van der Waals surface area (Å²) in [4.78, 5) is 2.54. The zero-order valence-corrected chi connectivity index (χ0v) is 13.4. The number of likely N-dealkylation sites (tertiary alicyclic amines) is 1. The Morgan fingerprint density at radius 2 is 2.00 bits per heavy atom. The third-order valence-electron chi connectivity index (χ3n) is 4.22. The number of nitrogens with zero attached hydrogens (tertiary/aromatic N) is 1. The van der Waals surface area contributed by atoms with E-state index < -0.39 is 0 Å². The summed E-state index contributed by atoms with van der Waals surface area (Å²) in [6.45, 7) is 13.2. The van der Waals surface area contributed by atoms with E-state index in [1.165, 1.54) is 25.8 Å². The molecule has 3 nitrogen and oxygen atoms in total. The van der Waals surface area contributed by atoms with Gasteiger partial charge in [-0.3, -0.25) is 0 Å². The first-order valence-corrected chi connectivity index (χ1v) is 8.16. The predicted octanol–water partition coefficient (Wildman–Crippen LogP) is 2.49. The Morgan fingerprint density at radius 1 is 1.26 bits per heavy atom. The highest BCUT2D eigenvalue weighted by atomic mass is 16.3. The van der Waals surface area contributed by atoms with Crippen LogP contribution in [0.5, 0.6) is 0 Å². The Hall–Kier alpha value is -0.120. The molecule has 3 heteroatoms. The molecule has 0 bridgehead atoms. The SMILES string of the molecule is CCCCN1CC(NCCC(C)C)CC(C(C)O)C1. The van der Waals surface area contributed by atoms with Crippen LogP contribution in [0.4, 0.5) is 0 Å². The maximum atomic E-state index is 9.90. The van der Waals surface area contributed by atoms with Crippen LogP contribution in [0.2, 0.25) is 0 Å². The second-order valence-corrected chi connectivity index (χ2v) is 6.68. The molecular weight excluding hydrogens is 236 g/mol. The van der Waals surface area contributed by atoms with E-state index in [1.807, 2.05) is 6.92 Å². The summed E-state index contributed by atoms with van der Waals surface area (Å²) < 4.78 is 0. The monoisotopic (exact) mass is 270 g/mol. The highest BCUT2D eigenvalue weighted by molar-refractivity contribution is 4.85. The molecule has 0 aromatic carbocycles. The summed E-state index contributed by atoms with van der Waals surface area (Å²) in [5.41, 5.74) is 0. The zero-order valence-electron chi connectivity index (χ0n) is 13.4. The quantitative estimate of drug-likeness (QED) is 0.711. The molecular formula is C16H34N2O. The lowest BCUT2D eigenvalue weighted by Gasteiger charge is -2.39. The summed E-state index contributed by atoms with van der Waals surface area (Å²) >= 11 is 0. The second kappa shape index (κ2) is 8.93. The number of aliphatic hydroxyl groups excluding tert-OH is 1. The molecule has 0 aromatic heterocycles. The minimum atomic E-state index is -0.182. The van der Waals surface area contributed by atoms with Gasteiger partial charge in [0.25, 0.3) is 0 Å². The van der Waals surface area contributed by atoms with Crippen molar-refractivity contribution in [3.05, 3.63) is 0 Å². The zero-order chi connectivity index (χ0) is 14.3. The van der Waals surface area contributed by atoms with Gasteiger partial charge >= 0.3 is 0 Å². The third kappa shape index (κ3) is 6.73. The molecule has 3 unspecified atom stereocenters. The molecule has 2 N–H and O–H groups in total. The molecule has 1 aliphatic heterocycles. The first-order chi connectivity index (χ1) is 9.02. The molecule has 1 aliphatic rings. The predicted molar refractivity (Wildman–Crippen MR) is 82.4 cm³/mol. The van der Waals surface area contributed by atoms with Crippen molar-refractivity contribution in [2.45, 2.75) is 65.5 Å². The van der Waals surface area contributed by atoms with Crippen LogP contribution in [0.25, 0.3) is 0 Å². The van der Waals surface area contributed by atoms with Crippen LogP contribution in [0.3, 0.4) is 0 Å². The van der Waals surface area contributed by atoms with Gasteiger partial charge in [0, 0.05) is 19.1 Å². The lowest BCUT2D eigenvalue weighted by molar-refractivity contribution is 0.0474. The largest absolute Gasteiger partial charge is 0.393 e. The van der Waals surface area contributed by atoms with Crippen molar-refractivity contribution in [2.24, 2.45) is 11.8 Å². The van der Waals surface area contributed by atoms with Crippen LogP contribution >= 0.6 is 0 Å². The molecule has 0 aromatic rings. The average molecular weight is 270 g/mol. The van der Waals surface area contributed by atoms with E-state index in [0.717, 1.165) is 32.0 Å². The maximum Gasteiger partial charge on any atom is 0.0553 e. The average Bonchev–Trinajstić information content (AvgIpc) is 2.35. The lowest BCUT2D eigenvalue weighted by atomic mass is 9.90. The van der Waals surface area contributed by atoms with Gasteiger partial charge in [0.2, 0.25) is 0 Å². The van der Waals surface area contributed by atoms with Crippen molar-refractivity contribution in [3.8, 4) is 0 Å². The number of nitrogens with one attached hydrogen (secondary N) is 1. The minimum absolute atomic E-state index is 0.182. The summed E-state index contributed by atoms with van der Waals surface area (Å²) in [7, 11) is 0. The van der Waals surface area contributed by atoms with Crippen molar-refractivity contribution in [1.82, 2.24) is 10.2 Å². The smallest absolute Gasteiger partial charge is 0.0553 e. The number of hydrogen-bond acceptors (Lipinski definition) is 3. The number of piperidine rings is 1. The maximum absolute atomic E-state index is 9.90. The second-order valence-electron chi connectivity index (χ2n) is 6.68. The molecule has 0 radical (unpaired) electrons. The highest BCUT2D eigenvalue weighted by Crippen LogP contribution is 2.20. The van der Waals surface area contributed by atoms with Crippen molar-refractivity contribution >= 4 is 0 Å². The molecule has 1 rings (SSSR count). The first-order valence-electron chi connectivity index (χ1n) is 8.16. The Kier molecular flexibility index (Phi) is 7.96. The van der Waals surface area contributed by atoms with Crippen LogP contribution in [0.1, 0.15) is 53.4 Å². The van der Waals surface area contributed by atoms with Gasteiger partial charge in [-0.2, -0.15) is 0 Å². The van der Waals surface area contributed by atoms with Crippen molar-refractivity contribution < 1.29 is 5.11 Å². The molecule has 0 saturated carbocycles. The molecule has 1 heterocycles. The molecule has 0 amide bonds. The lowest BCUT2D eigenvalue weighted by Crippen LogP contribution is -2.51. The molecule has 3 atom stereocenters. The fraction of sp³-hybridized carbons (Fsp3) is 1.00. The topological polar surface area (TPSA) is 35.5 Å². The van der Waals surface area contributed by atoms with Crippen molar-refractivity contribution in [2.75, 3.05) is 26.2 Å². The number of aliphatic hydroxyl groups is 1. The number of rotatable bonds is 8. The van der Waals surface area contributed by atoms with E-state index in [2.05, 4.69) is 31.0 Å². The summed E-state index contributed by atoms with van der Waals surface area (Å²) in [5.74, 6) is 1.20. The van der Waals surface area contributed by atoms with Crippen LogP contribution in [-0.2, 0) is 0 Å². The number of unbranched alkanes of at least 4 members (excludes halogenated alkanes) is 1. The van der Waals surface area contributed by atoms with Gasteiger partial charge < -0.3 is 15.3 Å². The van der Waals surface area contributed by atoms with Gasteiger partial charge in [-0.15, -0.1) is 0 Å².